The third kappa shape index (κ3) is 4.51. The van der Waals surface area contributed by atoms with Gasteiger partial charge in [0.25, 0.3) is 0 Å². The zero-order chi connectivity index (χ0) is 14.8. The van der Waals surface area contributed by atoms with Gasteiger partial charge in [0.1, 0.15) is 10.2 Å². The van der Waals surface area contributed by atoms with E-state index in [1.165, 1.54) is 0 Å². The van der Waals surface area contributed by atoms with Crippen molar-refractivity contribution in [3.8, 4) is 0 Å². The van der Waals surface area contributed by atoms with Crippen molar-refractivity contribution >= 4 is 22.0 Å². The van der Waals surface area contributed by atoms with Gasteiger partial charge >= 0.3 is 6.09 Å². The van der Waals surface area contributed by atoms with E-state index in [0.717, 1.165) is 30.3 Å². The number of halogens is 1. The highest BCUT2D eigenvalue weighted by molar-refractivity contribution is 9.10. The van der Waals surface area contributed by atoms with Crippen LogP contribution in [0.25, 0.3) is 0 Å². The molecule has 2 rings (SSSR count). The largest absolute Gasteiger partial charge is 0.444 e. The Labute approximate surface area is 128 Å². The van der Waals surface area contributed by atoms with Crippen molar-refractivity contribution in [2.45, 2.75) is 64.1 Å². The minimum Gasteiger partial charge on any atom is -0.444 e. The molecule has 0 saturated heterocycles. The van der Waals surface area contributed by atoms with Gasteiger partial charge in [-0.2, -0.15) is 5.10 Å². The normalized spacial score (nSPS) is 23.4. The summed E-state index contributed by atoms with van der Waals surface area (Å²) in [4.78, 5) is 11.7. The summed E-state index contributed by atoms with van der Waals surface area (Å²) in [5.74, 6) is 0. The molecule has 0 atom stereocenters. The Bertz CT molecular complexity index is 459. The van der Waals surface area contributed by atoms with Gasteiger partial charge in [-0.25, -0.2) is 4.79 Å². The van der Waals surface area contributed by atoms with E-state index in [9.17, 15) is 4.79 Å². The Kier molecular flexibility index (Phi) is 4.73. The SMILES string of the molecule is CC(C)(C)OC(=O)NC1CCC(n2ccc(Br)n2)CC1. The molecule has 1 N–H and O–H groups in total. The van der Waals surface area contributed by atoms with Crippen molar-refractivity contribution in [3.05, 3.63) is 16.9 Å². The van der Waals surface area contributed by atoms with E-state index >= 15 is 0 Å². The fourth-order valence-corrected chi connectivity index (χ4v) is 2.78. The highest BCUT2D eigenvalue weighted by atomic mass is 79.9. The molecule has 1 aliphatic carbocycles. The van der Waals surface area contributed by atoms with Crippen LogP contribution < -0.4 is 5.32 Å². The molecule has 0 aromatic carbocycles. The van der Waals surface area contributed by atoms with Crippen LogP contribution in [0.5, 0.6) is 0 Å². The number of alkyl carbamates (subject to hydrolysis) is 1. The quantitative estimate of drug-likeness (QED) is 0.891. The highest BCUT2D eigenvalue weighted by Gasteiger charge is 2.25. The van der Waals surface area contributed by atoms with Gasteiger partial charge < -0.3 is 10.1 Å². The topological polar surface area (TPSA) is 56.1 Å². The lowest BCUT2D eigenvalue weighted by atomic mass is 9.91. The number of rotatable bonds is 2. The van der Waals surface area contributed by atoms with Gasteiger partial charge in [0, 0.05) is 12.2 Å². The van der Waals surface area contributed by atoms with Crippen LogP contribution in [0.15, 0.2) is 16.9 Å². The average molecular weight is 344 g/mol. The molecule has 20 heavy (non-hydrogen) atoms. The van der Waals surface area contributed by atoms with Crippen LogP contribution in [-0.2, 0) is 4.74 Å². The summed E-state index contributed by atoms with van der Waals surface area (Å²) in [5, 5.41) is 7.34. The summed E-state index contributed by atoms with van der Waals surface area (Å²) < 4.78 is 8.16. The second-order valence-corrected chi connectivity index (χ2v) is 7.08. The van der Waals surface area contributed by atoms with Crippen LogP contribution in [0.3, 0.4) is 0 Å². The maximum Gasteiger partial charge on any atom is 0.407 e. The number of ether oxygens (including phenoxy) is 1. The molecular formula is C14H22BrN3O2. The summed E-state index contributed by atoms with van der Waals surface area (Å²) in [6.45, 7) is 5.62. The highest BCUT2D eigenvalue weighted by Crippen LogP contribution is 2.28. The molecule has 1 aliphatic rings. The first kappa shape index (κ1) is 15.4. The summed E-state index contributed by atoms with van der Waals surface area (Å²) >= 11 is 3.37. The lowest BCUT2D eigenvalue weighted by Gasteiger charge is -2.30. The van der Waals surface area contributed by atoms with Crippen LogP contribution in [0, 0.1) is 0 Å². The van der Waals surface area contributed by atoms with E-state index < -0.39 is 5.60 Å². The van der Waals surface area contributed by atoms with Gasteiger partial charge in [0.05, 0.1) is 6.04 Å². The Morgan fingerprint density at radius 3 is 2.55 bits per heavy atom. The fourth-order valence-electron chi connectivity index (χ4n) is 2.48. The first-order valence-corrected chi connectivity index (χ1v) is 7.83. The Hall–Kier alpha value is -1.04. The third-order valence-corrected chi connectivity index (χ3v) is 3.79. The van der Waals surface area contributed by atoms with E-state index in [-0.39, 0.29) is 12.1 Å². The number of carbonyl (C=O) groups is 1. The fraction of sp³-hybridized carbons (Fsp3) is 0.714. The van der Waals surface area contributed by atoms with E-state index in [0.29, 0.717) is 6.04 Å². The predicted molar refractivity (Wildman–Crippen MR) is 80.6 cm³/mol. The number of amides is 1. The molecule has 0 spiro atoms. The van der Waals surface area contributed by atoms with Gasteiger partial charge in [-0.3, -0.25) is 4.68 Å². The number of nitrogens with zero attached hydrogens (tertiary/aromatic N) is 2. The van der Waals surface area contributed by atoms with Crippen molar-refractivity contribution in [1.82, 2.24) is 15.1 Å². The van der Waals surface area contributed by atoms with E-state index in [1.807, 2.05) is 37.7 Å². The molecule has 1 fully saturated rings. The first-order chi connectivity index (χ1) is 9.33. The maximum atomic E-state index is 11.7. The Balaban J connectivity index is 1.78. The Morgan fingerprint density at radius 2 is 2.05 bits per heavy atom. The van der Waals surface area contributed by atoms with Gasteiger partial charge in [-0.1, -0.05) is 0 Å². The first-order valence-electron chi connectivity index (χ1n) is 7.04. The molecule has 1 saturated carbocycles. The molecule has 1 aromatic heterocycles. The number of hydrogen-bond acceptors (Lipinski definition) is 3. The lowest BCUT2D eigenvalue weighted by molar-refractivity contribution is 0.0487. The smallest absolute Gasteiger partial charge is 0.407 e. The molecule has 0 radical (unpaired) electrons. The van der Waals surface area contributed by atoms with Crippen LogP contribution in [0.2, 0.25) is 0 Å². The summed E-state index contributed by atoms with van der Waals surface area (Å²) in [5.41, 5.74) is -0.442. The van der Waals surface area contributed by atoms with Gasteiger partial charge in [0.15, 0.2) is 0 Å². The number of aromatic nitrogens is 2. The summed E-state index contributed by atoms with van der Waals surface area (Å²) in [6, 6.07) is 2.59. The van der Waals surface area contributed by atoms with Crippen LogP contribution in [0.1, 0.15) is 52.5 Å². The van der Waals surface area contributed by atoms with Crippen molar-refractivity contribution in [2.75, 3.05) is 0 Å². The standard InChI is InChI=1S/C14H22BrN3O2/c1-14(2,3)20-13(19)16-10-4-6-11(7-5-10)18-9-8-12(15)17-18/h8-11H,4-7H2,1-3H3,(H,16,19). The second kappa shape index (κ2) is 6.16. The van der Waals surface area contributed by atoms with Gasteiger partial charge in [0.2, 0.25) is 0 Å². The van der Waals surface area contributed by atoms with Crippen LogP contribution in [-0.4, -0.2) is 27.5 Å². The zero-order valence-corrected chi connectivity index (χ0v) is 13.8. The molecule has 1 heterocycles. The molecule has 1 amide bonds. The molecule has 0 aliphatic heterocycles. The molecule has 0 unspecified atom stereocenters. The minimum absolute atomic E-state index is 0.208. The molecular weight excluding hydrogens is 322 g/mol. The van der Waals surface area contributed by atoms with E-state index in [1.54, 1.807) is 0 Å². The maximum absolute atomic E-state index is 11.7. The lowest BCUT2D eigenvalue weighted by Crippen LogP contribution is -2.41. The molecule has 0 bridgehead atoms. The van der Waals surface area contributed by atoms with Crippen LogP contribution in [0.4, 0.5) is 4.79 Å². The number of carbonyl (C=O) groups excluding carboxylic acids is 1. The second-order valence-electron chi connectivity index (χ2n) is 6.27. The number of hydrogen-bond donors (Lipinski definition) is 1. The predicted octanol–water partition coefficient (Wildman–Crippen LogP) is 3.65. The van der Waals surface area contributed by atoms with Crippen molar-refractivity contribution < 1.29 is 9.53 Å². The summed E-state index contributed by atoms with van der Waals surface area (Å²) in [7, 11) is 0. The molecule has 5 nitrogen and oxygen atoms in total. The van der Waals surface area contributed by atoms with Crippen molar-refractivity contribution in [1.29, 1.82) is 0 Å². The van der Waals surface area contributed by atoms with Crippen LogP contribution >= 0.6 is 15.9 Å². The summed E-state index contributed by atoms with van der Waals surface area (Å²) in [6.07, 6.45) is 5.64. The molecule has 6 heteroatoms. The third-order valence-electron chi connectivity index (χ3n) is 3.37. The zero-order valence-electron chi connectivity index (χ0n) is 12.2. The van der Waals surface area contributed by atoms with Gasteiger partial charge in [-0.05, 0) is 68.5 Å². The molecule has 112 valence electrons. The molecule has 1 aromatic rings. The van der Waals surface area contributed by atoms with E-state index in [4.69, 9.17) is 4.74 Å². The van der Waals surface area contributed by atoms with Crippen molar-refractivity contribution in [2.24, 2.45) is 0 Å². The van der Waals surface area contributed by atoms with E-state index in [2.05, 4.69) is 26.3 Å². The van der Waals surface area contributed by atoms with Gasteiger partial charge in [-0.15, -0.1) is 0 Å². The van der Waals surface area contributed by atoms with Crippen molar-refractivity contribution in [3.63, 3.8) is 0 Å². The minimum atomic E-state index is -0.442. The monoisotopic (exact) mass is 343 g/mol. The number of nitrogens with one attached hydrogen (secondary N) is 1. The average Bonchev–Trinajstić information content (AvgIpc) is 2.74. The Morgan fingerprint density at radius 1 is 1.40 bits per heavy atom.